The summed E-state index contributed by atoms with van der Waals surface area (Å²) in [5.41, 5.74) is 7.73. The minimum absolute atomic E-state index is 0.428. The van der Waals surface area contributed by atoms with E-state index < -0.39 is 0 Å². The smallest absolute Gasteiger partial charge is 0.145 e. The van der Waals surface area contributed by atoms with E-state index >= 15 is 0 Å². The molecule has 1 aromatic heterocycles. The van der Waals surface area contributed by atoms with Crippen LogP contribution in [0.4, 0.5) is 5.82 Å². The van der Waals surface area contributed by atoms with Gasteiger partial charge in [0.1, 0.15) is 12.5 Å². The molecule has 1 aromatic carbocycles. The number of anilines is 1. The van der Waals surface area contributed by atoms with E-state index in [1.807, 2.05) is 43.3 Å². The van der Waals surface area contributed by atoms with Crippen LogP contribution in [0.25, 0.3) is 0 Å². The summed E-state index contributed by atoms with van der Waals surface area (Å²) in [6, 6.07) is 11.9. The van der Waals surface area contributed by atoms with Crippen LogP contribution in [0.2, 0.25) is 0 Å². The highest BCUT2D eigenvalue weighted by atomic mass is 16.5. The molecule has 0 spiro atoms. The number of aromatic nitrogens is 2. The van der Waals surface area contributed by atoms with Crippen LogP contribution in [-0.4, -0.2) is 9.78 Å². The average molecular weight is 217 g/mol. The molecule has 84 valence electrons. The Morgan fingerprint density at radius 3 is 2.69 bits per heavy atom. The second-order valence-corrected chi connectivity index (χ2v) is 3.67. The first-order valence-electron chi connectivity index (χ1n) is 5.17. The Hall–Kier alpha value is -1.81. The van der Waals surface area contributed by atoms with Gasteiger partial charge < -0.3 is 10.5 Å². The van der Waals surface area contributed by atoms with Gasteiger partial charge in [0.05, 0.1) is 6.61 Å². The number of hydrogen-bond acceptors (Lipinski definition) is 3. The van der Waals surface area contributed by atoms with Crippen LogP contribution in [0.1, 0.15) is 11.3 Å². The van der Waals surface area contributed by atoms with Crippen molar-refractivity contribution in [3.63, 3.8) is 0 Å². The summed E-state index contributed by atoms with van der Waals surface area (Å²) in [6.07, 6.45) is 0. The molecule has 0 aliphatic carbocycles. The fourth-order valence-corrected chi connectivity index (χ4v) is 1.49. The number of rotatable bonds is 4. The number of ether oxygens (including phenoxy) is 1. The molecule has 2 rings (SSSR count). The van der Waals surface area contributed by atoms with Gasteiger partial charge in [0.25, 0.3) is 0 Å². The van der Waals surface area contributed by atoms with Gasteiger partial charge in [-0.25, -0.2) is 4.68 Å². The molecule has 0 bridgehead atoms. The Balaban J connectivity index is 1.87. The highest BCUT2D eigenvalue weighted by molar-refractivity contribution is 5.28. The lowest BCUT2D eigenvalue weighted by atomic mass is 10.2. The highest BCUT2D eigenvalue weighted by Crippen LogP contribution is 2.06. The van der Waals surface area contributed by atoms with Crippen molar-refractivity contribution < 1.29 is 4.74 Å². The summed E-state index contributed by atoms with van der Waals surface area (Å²) in [4.78, 5) is 0. The Labute approximate surface area is 94.6 Å². The minimum atomic E-state index is 0.428. The SMILES string of the molecule is Cc1cc(N)nn1COCc1ccccc1. The van der Waals surface area contributed by atoms with E-state index in [2.05, 4.69) is 5.10 Å². The number of aryl methyl sites for hydroxylation is 1. The molecule has 0 aliphatic heterocycles. The molecule has 0 saturated heterocycles. The van der Waals surface area contributed by atoms with Crippen molar-refractivity contribution >= 4 is 5.82 Å². The Kier molecular flexibility index (Phi) is 3.22. The highest BCUT2D eigenvalue weighted by Gasteiger charge is 2.00. The zero-order valence-corrected chi connectivity index (χ0v) is 9.26. The molecule has 2 aromatic rings. The quantitative estimate of drug-likeness (QED) is 0.851. The molecule has 1 heterocycles. The van der Waals surface area contributed by atoms with E-state index in [9.17, 15) is 0 Å². The van der Waals surface area contributed by atoms with Gasteiger partial charge in [0, 0.05) is 11.8 Å². The van der Waals surface area contributed by atoms with Crippen molar-refractivity contribution in [3.8, 4) is 0 Å². The Morgan fingerprint density at radius 1 is 1.31 bits per heavy atom. The lowest BCUT2D eigenvalue weighted by Crippen LogP contribution is -2.06. The van der Waals surface area contributed by atoms with Crippen LogP contribution in [0, 0.1) is 6.92 Å². The summed E-state index contributed by atoms with van der Waals surface area (Å²) in [6.45, 7) is 2.97. The van der Waals surface area contributed by atoms with E-state index in [0.29, 0.717) is 19.2 Å². The zero-order chi connectivity index (χ0) is 11.4. The number of benzene rings is 1. The molecule has 0 saturated carbocycles. The zero-order valence-electron chi connectivity index (χ0n) is 9.26. The van der Waals surface area contributed by atoms with Gasteiger partial charge in [0.15, 0.2) is 0 Å². The lowest BCUT2D eigenvalue weighted by molar-refractivity contribution is 0.0550. The maximum Gasteiger partial charge on any atom is 0.145 e. The molecular formula is C12H15N3O. The van der Waals surface area contributed by atoms with Crippen molar-refractivity contribution in [2.45, 2.75) is 20.3 Å². The summed E-state index contributed by atoms with van der Waals surface area (Å²) >= 11 is 0. The monoisotopic (exact) mass is 217 g/mol. The van der Waals surface area contributed by atoms with Crippen molar-refractivity contribution in [1.29, 1.82) is 0 Å². The number of nitrogens with zero attached hydrogens (tertiary/aromatic N) is 2. The van der Waals surface area contributed by atoms with Gasteiger partial charge in [0.2, 0.25) is 0 Å². The average Bonchev–Trinajstić information content (AvgIpc) is 2.59. The van der Waals surface area contributed by atoms with Gasteiger partial charge in [-0.1, -0.05) is 30.3 Å². The second kappa shape index (κ2) is 4.81. The summed E-state index contributed by atoms with van der Waals surface area (Å²) in [7, 11) is 0. The number of nitrogen functional groups attached to an aromatic ring is 1. The molecule has 2 N–H and O–H groups in total. The molecular weight excluding hydrogens is 202 g/mol. The van der Waals surface area contributed by atoms with Crippen molar-refractivity contribution in [2.75, 3.05) is 5.73 Å². The fourth-order valence-electron chi connectivity index (χ4n) is 1.49. The standard InChI is InChI=1S/C12H15N3O/c1-10-7-12(13)14-15(10)9-16-8-11-5-3-2-4-6-11/h2-7H,8-9H2,1H3,(H2,13,14). The third-order valence-electron chi connectivity index (χ3n) is 2.33. The van der Waals surface area contributed by atoms with Crippen molar-refractivity contribution in [2.24, 2.45) is 0 Å². The summed E-state index contributed by atoms with van der Waals surface area (Å²) in [5, 5.41) is 4.11. The van der Waals surface area contributed by atoms with E-state index in [-0.39, 0.29) is 0 Å². The number of hydrogen-bond donors (Lipinski definition) is 1. The molecule has 0 radical (unpaired) electrons. The van der Waals surface area contributed by atoms with Gasteiger partial charge in [-0.3, -0.25) is 0 Å². The minimum Gasteiger partial charge on any atom is -0.382 e. The molecule has 0 amide bonds. The van der Waals surface area contributed by atoms with Gasteiger partial charge in [-0.15, -0.1) is 0 Å². The Morgan fingerprint density at radius 2 is 2.06 bits per heavy atom. The molecule has 16 heavy (non-hydrogen) atoms. The maximum atomic E-state index is 5.57. The molecule has 0 aliphatic rings. The van der Waals surface area contributed by atoms with Crippen LogP contribution >= 0.6 is 0 Å². The van der Waals surface area contributed by atoms with Crippen LogP contribution in [0.5, 0.6) is 0 Å². The first kappa shape index (κ1) is 10.7. The van der Waals surface area contributed by atoms with Gasteiger partial charge in [-0.05, 0) is 12.5 Å². The predicted molar refractivity (Wildman–Crippen MR) is 62.6 cm³/mol. The maximum absolute atomic E-state index is 5.57. The molecule has 0 unspecified atom stereocenters. The number of nitrogens with two attached hydrogens (primary N) is 1. The van der Waals surface area contributed by atoms with Crippen LogP contribution in [0.3, 0.4) is 0 Å². The van der Waals surface area contributed by atoms with E-state index in [1.165, 1.54) is 0 Å². The summed E-state index contributed by atoms with van der Waals surface area (Å²) in [5.74, 6) is 0.529. The normalized spacial score (nSPS) is 10.6. The van der Waals surface area contributed by atoms with Gasteiger partial charge >= 0.3 is 0 Å². The Bertz CT molecular complexity index is 451. The first-order valence-corrected chi connectivity index (χ1v) is 5.17. The van der Waals surface area contributed by atoms with E-state index in [4.69, 9.17) is 10.5 Å². The molecule has 0 fully saturated rings. The lowest BCUT2D eigenvalue weighted by Gasteiger charge is -2.05. The molecule has 0 atom stereocenters. The van der Waals surface area contributed by atoms with Crippen LogP contribution in [0.15, 0.2) is 36.4 Å². The molecule has 4 heteroatoms. The third-order valence-corrected chi connectivity index (χ3v) is 2.33. The van der Waals surface area contributed by atoms with Crippen LogP contribution < -0.4 is 5.73 Å². The van der Waals surface area contributed by atoms with E-state index in [1.54, 1.807) is 4.68 Å². The van der Waals surface area contributed by atoms with Crippen molar-refractivity contribution in [3.05, 3.63) is 47.7 Å². The largest absolute Gasteiger partial charge is 0.382 e. The predicted octanol–water partition coefficient (Wildman–Crippen LogP) is 1.95. The van der Waals surface area contributed by atoms with Crippen molar-refractivity contribution in [1.82, 2.24) is 9.78 Å². The van der Waals surface area contributed by atoms with E-state index in [0.717, 1.165) is 11.3 Å². The fraction of sp³-hybridized carbons (Fsp3) is 0.250. The van der Waals surface area contributed by atoms with Crippen LogP contribution in [-0.2, 0) is 18.1 Å². The van der Waals surface area contributed by atoms with Gasteiger partial charge in [-0.2, -0.15) is 5.10 Å². The molecule has 4 nitrogen and oxygen atoms in total. The second-order valence-electron chi connectivity index (χ2n) is 3.67. The summed E-state index contributed by atoms with van der Waals surface area (Å²) < 4.78 is 7.29. The first-order chi connectivity index (χ1) is 7.75. The third kappa shape index (κ3) is 2.61. The topological polar surface area (TPSA) is 53.1 Å².